The van der Waals surface area contributed by atoms with Crippen LogP contribution < -0.4 is 0 Å². The van der Waals surface area contributed by atoms with Crippen molar-refractivity contribution in [2.75, 3.05) is 6.54 Å². The SMILES string of the molecule is O=CN1CCC(OCc2ccc(Cl)cc2)CC1c1cc2ccc(O)cc2[nH]1. The molecule has 2 heterocycles. The first-order chi connectivity index (χ1) is 13.1. The Labute approximate surface area is 162 Å². The van der Waals surface area contributed by atoms with Crippen molar-refractivity contribution in [3.63, 3.8) is 0 Å². The molecule has 1 aliphatic heterocycles. The number of nitrogens with one attached hydrogen (secondary N) is 1. The number of carbonyl (C=O) groups is 1. The fourth-order valence-corrected chi connectivity index (χ4v) is 3.77. The zero-order valence-corrected chi connectivity index (χ0v) is 15.5. The Morgan fingerprint density at radius 3 is 2.81 bits per heavy atom. The van der Waals surface area contributed by atoms with E-state index in [0.29, 0.717) is 18.2 Å². The zero-order valence-electron chi connectivity index (χ0n) is 14.8. The molecular formula is C21H21ClN2O3. The molecular weight excluding hydrogens is 364 g/mol. The second-order valence-electron chi connectivity index (χ2n) is 6.94. The van der Waals surface area contributed by atoms with Gasteiger partial charge in [0.1, 0.15) is 5.75 Å². The molecule has 4 rings (SSSR count). The number of halogens is 1. The molecule has 0 aliphatic carbocycles. The highest BCUT2D eigenvalue weighted by molar-refractivity contribution is 6.30. The molecule has 0 radical (unpaired) electrons. The maximum Gasteiger partial charge on any atom is 0.210 e. The predicted molar refractivity (Wildman–Crippen MR) is 105 cm³/mol. The number of aromatic nitrogens is 1. The molecule has 140 valence electrons. The summed E-state index contributed by atoms with van der Waals surface area (Å²) in [5.41, 5.74) is 2.90. The molecule has 2 atom stereocenters. The summed E-state index contributed by atoms with van der Waals surface area (Å²) in [6.07, 6.45) is 2.51. The smallest absolute Gasteiger partial charge is 0.210 e. The van der Waals surface area contributed by atoms with Crippen LogP contribution in [0.25, 0.3) is 10.9 Å². The van der Waals surface area contributed by atoms with Crippen LogP contribution in [0.5, 0.6) is 5.75 Å². The number of hydrogen-bond donors (Lipinski definition) is 2. The van der Waals surface area contributed by atoms with E-state index in [1.165, 1.54) is 0 Å². The van der Waals surface area contributed by atoms with E-state index in [9.17, 15) is 9.90 Å². The molecule has 3 aromatic rings. The molecule has 1 amide bonds. The lowest BCUT2D eigenvalue weighted by Gasteiger charge is -2.36. The molecule has 0 saturated carbocycles. The van der Waals surface area contributed by atoms with Crippen LogP contribution in [-0.2, 0) is 16.1 Å². The van der Waals surface area contributed by atoms with Crippen LogP contribution in [0.4, 0.5) is 0 Å². The first-order valence-electron chi connectivity index (χ1n) is 9.01. The van der Waals surface area contributed by atoms with Crippen molar-refractivity contribution >= 4 is 28.9 Å². The van der Waals surface area contributed by atoms with Crippen LogP contribution in [0.2, 0.25) is 5.02 Å². The van der Waals surface area contributed by atoms with Crippen molar-refractivity contribution in [1.82, 2.24) is 9.88 Å². The Morgan fingerprint density at radius 2 is 2.04 bits per heavy atom. The van der Waals surface area contributed by atoms with Crippen molar-refractivity contribution in [3.8, 4) is 5.75 Å². The summed E-state index contributed by atoms with van der Waals surface area (Å²) in [5.74, 6) is 0.218. The maximum absolute atomic E-state index is 11.5. The van der Waals surface area contributed by atoms with Crippen molar-refractivity contribution in [1.29, 1.82) is 0 Å². The van der Waals surface area contributed by atoms with E-state index in [1.807, 2.05) is 41.3 Å². The van der Waals surface area contributed by atoms with Crippen molar-refractivity contribution in [3.05, 3.63) is 64.8 Å². The number of H-pyrrole nitrogens is 1. The minimum absolute atomic E-state index is 0.0685. The Balaban J connectivity index is 1.49. The third kappa shape index (κ3) is 3.94. The number of fused-ring (bicyclic) bond motifs is 1. The molecule has 6 heteroatoms. The number of ether oxygens (including phenoxy) is 1. The van der Waals surface area contributed by atoms with Gasteiger partial charge in [0, 0.05) is 28.8 Å². The van der Waals surface area contributed by atoms with E-state index in [4.69, 9.17) is 16.3 Å². The van der Waals surface area contributed by atoms with E-state index in [0.717, 1.165) is 41.4 Å². The van der Waals surface area contributed by atoms with E-state index in [2.05, 4.69) is 4.98 Å². The summed E-state index contributed by atoms with van der Waals surface area (Å²) in [4.78, 5) is 16.7. The number of piperidine rings is 1. The number of hydrogen-bond acceptors (Lipinski definition) is 3. The largest absolute Gasteiger partial charge is 0.508 e. The van der Waals surface area contributed by atoms with Crippen LogP contribution >= 0.6 is 11.6 Å². The molecule has 2 N–H and O–H groups in total. The molecule has 1 aromatic heterocycles. The normalized spacial score (nSPS) is 20.1. The Morgan fingerprint density at radius 1 is 1.22 bits per heavy atom. The van der Waals surface area contributed by atoms with Crippen LogP contribution in [0.3, 0.4) is 0 Å². The summed E-state index contributed by atoms with van der Waals surface area (Å²) in [5, 5.41) is 11.4. The molecule has 1 aliphatic rings. The van der Waals surface area contributed by atoms with Crippen LogP contribution in [0.15, 0.2) is 48.5 Å². The van der Waals surface area contributed by atoms with E-state index < -0.39 is 0 Å². The number of aromatic hydroxyl groups is 1. The number of phenols is 1. The Bertz CT molecular complexity index is 938. The Hall–Kier alpha value is -2.50. The highest BCUT2D eigenvalue weighted by Gasteiger charge is 2.30. The van der Waals surface area contributed by atoms with Gasteiger partial charge < -0.3 is 19.7 Å². The van der Waals surface area contributed by atoms with Gasteiger partial charge >= 0.3 is 0 Å². The molecule has 0 bridgehead atoms. The lowest BCUT2D eigenvalue weighted by Crippen LogP contribution is -2.39. The summed E-state index contributed by atoms with van der Waals surface area (Å²) < 4.78 is 6.11. The number of likely N-dealkylation sites (tertiary alicyclic amines) is 1. The quantitative estimate of drug-likeness (QED) is 0.640. The summed E-state index contributed by atoms with van der Waals surface area (Å²) in [6.45, 7) is 1.18. The molecule has 5 nitrogen and oxygen atoms in total. The molecule has 27 heavy (non-hydrogen) atoms. The minimum Gasteiger partial charge on any atom is -0.508 e. The highest BCUT2D eigenvalue weighted by Crippen LogP contribution is 2.33. The van der Waals surface area contributed by atoms with E-state index >= 15 is 0 Å². The van der Waals surface area contributed by atoms with Gasteiger partial charge in [-0.25, -0.2) is 0 Å². The van der Waals surface area contributed by atoms with Gasteiger partial charge in [0.2, 0.25) is 6.41 Å². The summed E-state index contributed by atoms with van der Waals surface area (Å²) in [7, 11) is 0. The fraction of sp³-hybridized carbons (Fsp3) is 0.286. The van der Waals surface area contributed by atoms with Crippen LogP contribution in [0, 0.1) is 0 Å². The molecule has 2 aromatic carbocycles. The molecule has 1 fully saturated rings. The van der Waals surface area contributed by atoms with Crippen LogP contribution in [-0.4, -0.2) is 34.0 Å². The van der Waals surface area contributed by atoms with Gasteiger partial charge in [-0.05, 0) is 54.1 Å². The third-order valence-electron chi connectivity index (χ3n) is 5.12. The number of carbonyl (C=O) groups excluding carboxylic acids is 1. The van der Waals surface area contributed by atoms with Gasteiger partial charge in [0.15, 0.2) is 0 Å². The van der Waals surface area contributed by atoms with E-state index in [-0.39, 0.29) is 17.9 Å². The molecule has 1 saturated heterocycles. The highest BCUT2D eigenvalue weighted by atomic mass is 35.5. The average Bonchev–Trinajstić information content (AvgIpc) is 3.10. The van der Waals surface area contributed by atoms with Gasteiger partial charge in [0.25, 0.3) is 0 Å². The van der Waals surface area contributed by atoms with Crippen molar-refractivity contribution < 1.29 is 14.6 Å². The topological polar surface area (TPSA) is 65.6 Å². The van der Waals surface area contributed by atoms with Gasteiger partial charge in [-0.1, -0.05) is 23.7 Å². The predicted octanol–water partition coefficient (Wildman–Crippen LogP) is 4.41. The van der Waals surface area contributed by atoms with E-state index in [1.54, 1.807) is 12.1 Å². The van der Waals surface area contributed by atoms with Crippen molar-refractivity contribution in [2.45, 2.75) is 31.6 Å². The lowest BCUT2D eigenvalue weighted by atomic mass is 9.97. The summed E-state index contributed by atoms with van der Waals surface area (Å²) >= 11 is 5.92. The lowest BCUT2D eigenvalue weighted by molar-refractivity contribution is -0.124. The van der Waals surface area contributed by atoms with Gasteiger partial charge in [0.05, 0.1) is 18.8 Å². The number of nitrogens with zero attached hydrogens (tertiary/aromatic N) is 1. The van der Waals surface area contributed by atoms with Gasteiger partial charge in [-0.3, -0.25) is 4.79 Å². The number of aromatic amines is 1. The number of rotatable bonds is 5. The first kappa shape index (κ1) is 17.9. The average molecular weight is 385 g/mol. The summed E-state index contributed by atoms with van der Waals surface area (Å²) in [6, 6.07) is 14.8. The maximum atomic E-state index is 11.5. The minimum atomic E-state index is -0.0685. The van der Waals surface area contributed by atoms with Gasteiger partial charge in [-0.2, -0.15) is 0 Å². The third-order valence-corrected chi connectivity index (χ3v) is 5.37. The Kier molecular flexibility index (Phi) is 5.05. The van der Waals surface area contributed by atoms with Gasteiger partial charge in [-0.15, -0.1) is 0 Å². The number of benzene rings is 2. The molecule has 2 unspecified atom stereocenters. The van der Waals surface area contributed by atoms with Crippen LogP contribution in [0.1, 0.15) is 30.1 Å². The standard InChI is InChI=1S/C21H21ClN2O3/c22-16-4-1-14(2-5-16)12-27-18-7-8-24(13-25)21(11-18)20-9-15-3-6-17(26)10-19(15)23-20/h1-6,9-10,13,18,21,23,26H,7-8,11-12H2. The van der Waals surface area contributed by atoms with Crippen molar-refractivity contribution in [2.24, 2.45) is 0 Å². The second-order valence-corrected chi connectivity index (χ2v) is 7.38. The zero-order chi connectivity index (χ0) is 18.8. The fourth-order valence-electron chi connectivity index (χ4n) is 3.65. The number of phenolic OH excluding ortho intramolecular Hbond substituents is 1. The second kappa shape index (κ2) is 7.62. The monoisotopic (exact) mass is 384 g/mol. The first-order valence-corrected chi connectivity index (χ1v) is 9.39. The number of amides is 1. The molecule has 0 spiro atoms.